The molecular formula is C17H26N2O2. The zero-order valence-electron chi connectivity index (χ0n) is 12.7. The minimum atomic E-state index is -0.616. The van der Waals surface area contributed by atoms with Crippen LogP contribution >= 0.6 is 0 Å². The van der Waals surface area contributed by atoms with Gasteiger partial charge in [-0.1, -0.05) is 19.3 Å². The predicted octanol–water partition coefficient (Wildman–Crippen LogP) is 2.17. The van der Waals surface area contributed by atoms with Crippen LogP contribution in [0, 0.1) is 0 Å². The third-order valence-electron chi connectivity index (χ3n) is 4.61. The van der Waals surface area contributed by atoms with Crippen molar-refractivity contribution in [1.29, 1.82) is 0 Å². The number of aliphatic hydroxyl groups is 1. The van der Waals surface area contributed by atoms with Gasteiger partial charge in [0.25, 0.3) is 0 Å². The fraction of sp³-hybridized carbons (Fsp3) is 0.647. The molecule has 1 aliphatic carbocycles. The molecule has 116 valence electrons. The van der Waals surface area contributed by atoms with Crippen LogP contribution in [0.15, 0.2) is 24.3 Å². The first kappa shape index (κ1) is 14.7. The van der Waals surface area contributed by atoms with Crippen molar-refractivity contribution in [3.63, 3.8) is 0 Å². The maximum Gasteiger partial charge on any atom is 0.119 e. The van der Waals surface area contributed by atoms with Gasteiger partial charge in [-0.3, -0.25) is 0 Å². The molecule has 2 aliphatic rings. The summed E-state index contributed by atoms with van der Waals surface area (Å²) in [5.74, 6) is 0.855. The van der Waals surface area contributed by atoms with Crippen molar-refractivity contribution < 1.29 is 9.84 Å². The molecule has 1 aliphatic heterocycles. The summed E-state index contributed by atoms with van der Waals surface area (Å²) in [6.07, 6.45) is 5.20. The number of rotatable bonds is 4. The van der Waals surface area contributed by atoms with Crippen molar-refractivity contribution in [1.82, 2.24) is 5.32 Å². The molecule has 0 aromatic heterocycles. The molecule has 21 heavy (non-hydrogen) atoms. The lowest BCUT2D eigenvalue weighted by Gasteiger charge is -2.32. The molecule has 0 atom stereocenters. The molecule has 2 N–H and O–H groups in total. The summed E-state index contributed by atoms with van der Waals surface area (Å²) < 4.78 is 5.81. The van der Waals surface area contributed by atoms with Crippen molar-refractivity contribution in [3.05, 3.63) is 24.3 Å². The SMILES string of the molecule is OC1(COc2ccc(N3CCNCC3)cc2)CCCCC1. The smallest absolute Gasteiger partial charge is 0.119 e. The van der Waals surface area contributed by atoms with E-state index in [1.54, 1.807) is 0 Å². The lowest BCUT2D eigenvalue weighted by molar-refractivity contribution is -0.0338. The van der Waals surface area contributed by atoms with Crippen molar-refractivity contribution in [2.75, 3.05) is 37.7 Å². The first-order valence-corrected chi connectivity index (χ1v) is 8.16. The van der Waals surface area contributed by atoms with Crippen LogP contribution < -0.4 is 15.0 Å². The fourth-order valence-corrected chi connectivity index (χ4v) is 3.25. The van der Waals surface area contributed by atoms with E-state index < -0.39 is 5.60 Å². The third kappa shape index (κ3) is 3.89. The number of piperazine rings is 1. The average molecular weight is 290 g/mol. The lowest BCUT2D eigenvalue weighted by atomic mass is 9.85. The van der Waals surface area contributed by atoms with Crippen molar-refractivity contribution in [3.8, 4) is 5.75 Å². The summed E-state index contributed by atoms with van der Waals surface area (Å²) in [7, 11) is 0. The topological polar surface area (TPSA) is 44.7 Å². The van der Waals surface area contributed by atoms with Crippen LogP contribution in [0.1, 0.15) is 32.1 Å². The van der Waals surface area contributed by atoms with E-state index >= 15 is 0 Å². The molecule has 1 saturated heterocycles. The molecule has 0 bridgehead atoms. The minimum Gasteiger partial charge on any atom is -0.491 e. The number of hydrogen-bond acceptors (Lipinski definition) is 4. The van der Waals surface area contributed by atoms with Gasteiger partial charge in [-0.15, -0.1) is 0 Å². The van der Waals surface area contributed by atoms with E-state index in [2.05, 4.69) is 22.3 Å². The Labute approximate surface area is 127 Å². The maximum absolute atomic E-state index is 10.5. The number of nitrogens with one attached hydrogen (secondary N) is 1. The molecule has 0 amide bonds. The van der Waals surface area contributed by atoms with Gasteiger partial charge >= 0.3 is 0 Å². The third-order valence-corrected chi connectivity index (χ3v) is 4.61. The zero-order valence-corrected chi connectivity index (χ0v) is 12.7. The Hall–Kier alpha value is -1.26. The molecule has 1 saturated carbocycles. The Kier molecular flexibility index (Phi) is 4.66. The highest BCUT2D eigenvalue weighted by Gasteiger charge is 2.29. The van der Waals surface area contributed by atoms with Gasteiger partial charge in [0.2, 0.25) is 0 Å². The number of hydrogen-bond donors (Lipinski definition) is 2. The van der Waals surface area contributed by atoms with Crippen LogP contribution in [0.4, 0.5) is 5.69 Å². The van der Waals surface area contributed by atoms with Gasteiger partial charge in [0, 0.05) is 31.9 Å². The average Bonchev–Trinajstić information content (AvgIpc) is 2.55. The van der Waals surface area contributed by atoms with Crippen LogP contribution in [-0.2, 0) is 0 Å². The molecular weight excluding hydrogens is 264 g/mol. The quantitative estimate of drug-likeness (QED) is 0.892. The summed E-state index contributed by atoms with van der Waals surface area (Å²) in [5.41, 5.74) is 0.635. The van der Waals surface area contributed by atoms with Crippen LogP contribution in [0.5, 0.6) is 5.75 Å². The highest BCUT2D eigenvalue weighted by Crippen LogP contribution is 2.29. The van der Waals surface area contributed by atoms with Crippen LogP contribution in [0.2, 0.25) is 0 Å². The van der Waals surface area contributed by atoms with Crippen LogP contribution in [0.25, 0.3) is 0 Å². The van der Waals surface area contributed by atoms with E-state index in [1.165, 1.54) is 12.1 Å². The van der Waals surface area contributed by atoms with Gasteiger partial charge in [0.15, 0.2) is 0 Å². The molecule has 3 rings (SSSR count). The van der Waals surface area contributed by atoms with E-state index in [0.29, 0.717) is 6.61 Å². The first-order valence-electron chi connectivity index (χ1n) is 8.16. The molecule has 1 aromatic rings. The summed E-state index contributed by atoms with van der Waals surface area (Å²) >= 11 is 0. The second kappa shape index (κ2) is 6.67. The molecule has 1 heterocycles. The molecule has 1 aromatic carbocycles. The zero-order chi connectivity index (χ0) is 14.5. The molecule has 4 heteroatoms. The van der Waals surface area contributed by atoms with E-state index in [1.807, 2.05) is 12.1 Å². The summed E-state index contributed by atoms with van der Waals surface area (Å²) in [4.78, 5) is 2.38. The lowest BCUT2D eigenvalue weighted by Crippen LogP contribution is -2.43. The summed E-state index contributed by atoms with van der Waals surface area (Å²) in [6.45, 7) is 4.62. The van der Waals surface area contributed by atoms with Gasteiger partial charge in [-0.25, -0.2) is 0 Å². The Morgan fingerprint density at radius 1 is 1.05 bits per heavy atom. The summed E-state index contributed by atoms with van der Waals surface area (Å²) in [5, 5.41) is 13.8. The Bertz CT molecular complexity index is 435. The molecule has 2 fully saturated rings. The predicted molar refractivity (Wildman–Crippen MR) is 85.1 cm³/mol. The van der Waals surface area contributed by atoms with Crippen molar-refractivity contribution in [2.45, 2.75) is 37.7 Å². The normalized spacial score (nSPS) is 22.0. The van der Waals surface area contributed by atoms with Gasteiger partial charge in [-0.05, 0) is 37.1 Å². The number of ether oxygens (including phenoxy) is 1. The first-order chi connectivity index (χ1) is 10.3. The molecule has 0 unspecified atom stereocenters. The maximum atomic E-state index is 10.5. The van der Waals surface area contributed by atoms with Gasteiger partial charge < -0.3 is 20.1 Å². The van der Waals surface area contributed by atoms with Crippen molar-refractivity contribution >= 4 is 5.69 Å². The second-order valence-electron chi connectivity index (χ2n) is 6.30. The van der Waals surface area contributed by atoms with E-state index in [-0.39, 0.29) is 0 Å². The number of nitrogens with zero attached hydrogens (tertiary/aromatic N) is 1. The highest BCUT2D eigenvalue weighted by atomic mass is 16.5. The minimum absolute atomic E-state index is 0.417. The van der Waals surface area contributed by atoms with Crippen LogP contribution in [0.3, 0.4) is 0 Å². The fourth-order valence-electron chi connectivity index (χ4n) is 3.25. The monoisotopic (exact) mass is 290 g/mol. The van der Waals surface area contributed by atoms with Gasteiger partial charge in [0.1, 0.15) is 12.4 Å². The molecule has 0 spiro atoms. The van der Waals surface area contributed by atoms with Gasteiger partial charge in [-0.2, -0.15) is 0 Å². The number of anilines is 1. The largest absolute Gasteiger partial charge is 0.491 e. The van der Waals surface area contributed by atoms with E-state index in [0.717, 1.165) is 57.6 Å². The molecule has 0 radical (unpaired) electrons. The summed E-state index contributed by atoms with van der Waals surface area (Å²) in [6, 6.07) is 8.27. The van der Waals surface area contributed by atoms with Crippen LogP contribution in [-0.4, -0.2) is 43.5 Å². The Balaban J connectivity index is 1.54. The Morgan fingerprint density at radius 2 is 1.71 bits per heavy atom. The van der Waals surface area contributed by atoms with E-state index in [4.69, 9.17) is 4.74 Å². The molecule has 4 nitrogen and oxygen atoms in total. The van der Waals surface area contributed by atoms with E-state index in [9.17, 15) is 5.11 Å². The highest BCUT2D eigenvalue weighted by molar-refractivity contribution is 5.49. The standard InChI is InChI=1S/C17H26N2O2/c20-17(8-2-1-3-9-17)14-21-16-6-4-15(5-7-16)19-12-10-18-11-13-19/h4-7,18,20H,1-3,8-14H2. The van der Waals surface area contributed by atoms with Gasteiger partial charge in [0.05, 0.1) is 5.60 Å². The Morgan fingerprint density at radius 3 is 2.38 bits per heavy atom. The second-order valence-corrected chi connectivity index (χ2v) is 6.30. The number of benzene rings is 1. The van der Waals surface area contributed by atoms with Crippen molar-refractivity contribution in [2.24, 2.45) is 0 Å².